The van der Waals surface area contributed by atoms with Crippen molar-refractivity contribution in [2.45, 2.75) is 25.8 Å². The highest BCUT2D eigenvalue weighted by molar-refractivity contribution is 5.89. The van der Waals surface area contributed by atoms with E-state index in [1.165, 1.54) is 0 Å². The number of nitrogens with zero attached hydrogens (tertiary/aromatic N) is 2. The van der Waals surface area contributed by atoms with Gasteiger partial charge in [-0.05, 0) is 36.6 Å². The van der Waals surface area contributed by atoms with E-state index in [0.29, 0.717) is 12.0 Å². The molecule has 1 aromatic carbocycles. The average molecular weight is 290 g/mol. The van der Waals surface area contributed by atoms with E-state index < -0.39 is 5.97 Å². The number of hydrogen-bond acceptors (Lipinski definition) is 3. The largest absolute Gasteiger partial charge is 0.478 e. The number of carboxylic acid groups (broad SMARTS) is 1. The number of carbonyl (C=O) groups is 2. The number of rotatable bonds is 5. The number of aromatic carboxylic acids is 1. The molecule has 0 unspecified atom stereocenters. The molecule has 1 aliphatic heterocycles. The van der Waals surface area contributed by atoms with Gasteiger partial charge in [0.2, 0.25) is 5.91 Å². The van der Waals surface area contributed by atoms with Crippen molar-refractivity contribution in [2.24, 2.45) is 0 Å². The van der Waals surface area contributed by atoms with Crippen molar-refractivity contribution in [3.63, 3.8) is 0 Å². The molecule has 5 nitrogen and oxygen atoms in total. The number of amides is 1. The van der Waals surface area contributed by atoms with Crippen molar-refractivity contribution in [2.75, 3.05) is 27.2 Å². The Kier molecular flexibility index (Phi) is 4.96. The molecule has 21 heavy (non-hydrogen) atoms. The number of carbonyl (C=O) groups excluding carboxylic acids is 1. The van der Waals surface area contributed by atoms with Crippen molar-refractivity contribution in [3.8, 4) is 0 Å². The lowest BCUT2D eigenvalue weighted by Crippen LogP contribution is -2.33. The lowest BCUT2D eigenvalue weighted by molar-refractivity contribution is -0.128. The van der Waals surface area contributed by atoms with Gasteiger partial charge in [-0.25, -0.2) is 4.79 Å². The van der Waals surface area contributed by atoms with Crippen molar-refractivity contribution in [1.29, 1.82) is 0 Å². The van der Waals surface area contributed by atoms with Crippen molar-refractivity contribution in [1.82, 2.24) is 9.80 Å². The van der Waals surface area contributed by atoms with Crippen molar-refractivity contribution >= 4 is 11.9 Å². The summed E-state index contributed by atoms with van der Waals surface area (Å²) in [5.41, 5.74) is 2.49. The highest BCUT2D eigenvalue weighted by Gasteiger charge is 2.21. The second-order valence-corrected chi connectivity index (χ2v) is 5.67. The Morgan fingerprint density at radius 2 is 2.10 bits per heavy atom. The quantitative estimate of drug-likeness (QED) is 0.895. The van der Waals surface area contributed by atoms with Gasteiger partial charge in [0.25, 0.3) is 0 Å². The van der Waals surface area contributed by atoms with E-state index in [9.17, 15) is 14.7 Å². The zero-order valence-corrected chi connectivity index (χ0v) is 12.6. The van der Waals surface area contributed by atoms with Gasteiger partial charge < -0.3 is 10.0 Å². The van der Waals surface area contributed by atoms with E-state index in [1.54, 1.807) is 31.1 Å². The van der Waals surface area contributed by atoms with Gasteiger partial charge >= 0.3 is 5.97 Å². The molecule has 0 radical (unpaired) electrons. The molecule has 0 saturated heterocycles. The summed E-state index contributed by atoms with van der Waals surface area (Å²) in [6, 6.07) is 5.48. The van der Waals surface area contributed by atoms with Crippen LogP contribution < -0.4 is 0 Å². The fraction of sp³-hybridized carbons (Fsp3) is 0.500. The first-order valence-corrected chi connectivity index (χ1v) is 7.25. The van der Waals surface area contributed by atoms with Gasteiger partial charge in [-0.15, -0.1) is 0 Å². The van der Waals surface area contributed by atoms with E-state index in [2.05, 4.69) is 4.90 Å². The van der Waals surface area contributed by atoms with Gasteiger partial charge in [0.1, 0.15) is 0 Å². The van der Waals surface area contributed by atoms with E-state index in [1.807, 2.05) is 6.07 Å². The molecular formula is C16H22N2O3. The molecular weight excluding hydrogens is 268 g/mol. The molecule has 114 valence electrons. The maximum atomic E-state index is 11.5. The lowest BCUT2D eigenvalue weighted by Gasteiger charge is -2.29. The molecule has 1 aromatic rings. The third kappa shape index (κ3) is 3.82. The van der Waals surface area contributed by atoms with Crippen LogP contribution in [0.2, 0.25) is 0 Å². The molecule has 1 aliphatic rings. The van der Waals surface area contributed by atoms with Crippen LogP contribution in [0.1, 0.15) is 34.3 Å². The van der Waals surface area contributed by atoms with E-state index in [-0.39, 0.29) is 5.91 Å². The molecule has 0 atom stereocenters. The molecule has 1 N–H and O–H groups in total. The topological polar surface area (TPSA) is 60.9 Å². The van der Waals surface area contributed by atoms with Crippen LogP contribution >= 0.6 is 0 Å². The zero-order chi connectivity index (χ0) is 15.4. The normalized spacial score (nSPS) is 14.6. The van der Waals surface area contributed by atoms with Gasteiger partial charge in [0.05, 0.1) is 5.56 Å². The fourth-order valence-electron chi connectivity index (χ4n) is 2.74. The maximum absolute atomic E-state index is 11.5. The summed E-state index contributed by atoms with van der Waals surface area (Å²) >= 11 is 0. The standard InChI is InChI=1S/C16H22N2O3/c1-17(2)15(19)7-4-9-18-10-8-13-12(11-18)5-3-6-14(13)16(20)21/h3,5-6H,4,7-11H2,1-2H3,(H,20,21). The highest BCUT2D eigenvalue weighted by Crippen LogP contribution is 2.22. The summed E-state index contributed by atoms with van der Waals surface area (Å²) < 4.78 is 0. The molecule has 1 amide bonds. The van der Waals surface area contributed by atoms with Crippen molar-refractivity contribution < 1.29 is 14.7 Å². The number of carboxylic acids is 1. The van der Waals surface area contributed by atoms with Crippen LogP contribution in [0.15, 0.2) is 18.2 Å². The number of hydrogen-bond donors (Lipinski definition) is 1. The SMILES string of the molecule is CN(C)C(=O)CCCN1CCc2c(cccc2C(=O)O)C1. The highest BCUT2D eigenvalue weighted by atomic mass is 16.4. The van der Waals surface area contributed by atoms with Gasteiger partial charge in [0.15, 0.2) is 0 Å². The Labute approximate surface area is 125 Å². The van der Waals surface area contributed by atoms with Crippen LogP contribution in [0.5, 0.6) is 0 Å². The first-order valence-electron chi connectivity index (χ1n) is 7.25. The summed E-state index contributed by atoms with van der Waals surface area (Å²) in [4.78, 5) is 26.7. The fourth-order valence-corrected chi connectivity index (χ4v) is 2.74. The first-order chi connectivity index (χ1) is 9.99. The smallest absolute Gasteiger partial charge is 0.335 e. The summed E-state index contributed by atoms with van der Waals surface area (Å²) in [6.07, 6.45) is 2.16. The average Bonchev–Trinajstić information content (AvgIpc) is 2.46. The van der Waals surface area contributed by atoms with Crippen LogP contribution in [0.25, 0.3) is 0 Å². The Hall–Kier alpha value is -1.88. The Balaban J connectivity index is 1.93. The second-order valence-electron chi connectivity index (χ2n) is 5.67. The van der Waals surface area contributed by atoms with Crippen LogP contribution in [0.3, 0.4) is 0 Å². The Bertz CT molecular complexity index is 540. The molecule has 0 saturated carbocycles. The Morgan fingerprint density at radius 3 is 2.76 bits per heavy atom. The predicted octanol–water partition coefficient (Wildman–Crippen LogP) is 1.61. The van der Waals surface area contributed by atoms with Gasteiger partial charge in [0, 0.05) is 33.6 Å². The molecule has 5 heteroatoms. The van der Waals surface area contributed by atoms with Gasteiger partial charge in [-0.3, -0.25) is 9.69 Å². The predicted molar refractivity (Wildman–Crippen MR) is 80.3 cm³/mol. The lowest BCUT2D eigenvalue weighted by atomic mass is 9.94. The van der Waals surface area contributed by atoms with Gasteiger partial charge in [-0.1, -0.05) is 12.1 Å². The third-order valence-electron chi connectivity index (χ3n) is 3.94. The van der Waals surface area contributed by atoms with Crippen LogP contribution in [0.4, 0.5) is 0 Å². The summed E-state index contributed by atoms with van der Waals surface area (Å²) in [5, 5.41) is 9.21. The third-order valence-corrected chi connectivity index (χ3v) is 3.94. The number of fused-ring (bicyclic) bond motifs is 1. The summed E-state index contributed by atoms with van der Waals surface area (Å²) in [6.45, 7) is 2.50. The van der Waals surface area contributed by atoms with Crippen LogP contribution in [-0.4, -0.2) is 54.0 Å². The van der Waals surface area contributed by atoms with Crippen molar-refractivity contribution in [3.05, 3.63) is 34.9 Å². The minimum absolute atomic E-state index is 0.153. The summed E-state index contributed by atoms with van der Waals surface area (Å²) in [5.74, 6) is -0.697. The molecule has 1 heterocycles. The monoisotopic (exact) mass is 290 g/mol. The summed E-state index contributed by atoms with van der Waals surface area (Å²) in [7, 11) is 3.54. The minimum Gasteiger partial charge on any atom is -0.478 e. The van der Waals surface area contributed by atoms with Crippen LogP contribution in [-0.2, 0) is 17.8 Å². The molecule has 0 aliphatic carbocycles. The number of benzene rings is 1. The van der Waals surface area contributed by atoms with Gasteiger partial charge in [-0.2, -0.15) is 0 Å². The molecule has 0 aromatic heterocycles. The second kappa shape index (κ2) is 6.72. The van der Waals surface area contributed by atoms with Crippen LogP contribution in [0, 0.1) is 0 Å². The first kappa shape index (κ1) is 15.5. The van der Waals surface area contributed by atoms with E-state index >= 15 is 0 Å². The molecule has 2 rings (SSSR count). The molecule has 0 bridgehead atoms. The zero-order valence-electron chi connectivity index (χ0n) is 12.6. The van der Waals surface area contributed by atoms with E-state index in [4.69, 9.17) is 0 Å². The molecule has 0 spiro atoms. The molecule has 0 fully saturated rings. The van der Waals surface area contributed by atoms with E-state index in [0.717, 1.165) is 43.6 Å². The minimum atomic E-state index is -0.850. The Morgan fingerprint density at radius 1 is 1.33 bits per heavy atom. The maximum Gasteiger partial charge on any atom is 0.335 e.